The lowest BCUT2D eigenvalue weighted by atomic mass is 9.78. The van der Waals surface area contributed by atoms with Gasteiger partial charge in [-0.25, -0.2) is 9.18 Å². The van der Waals surface area contributed by atoms with E-state index in [4.69, 9.17) is 14.4 Å². The Morgan fingerprint density at radius 1 is 1.23 bits per heavy atom. The number of carboxylic acid groups (broad SMARTS) is 1. The van der Waals surface area contributed by atoms with Crippen LogP contribution in [-0.2, 0) is 14.1 Å². The van der Waals surface area contributed by atoms with Gasteiger partial charge in [0.25, 0.3) is 0 Å². The van der Waals surface area contributed by atoms with Crippen LogP contribution >= 0.6 is 11.8 Å². The zero-order valence-electron chi connectivity index (χ0n) is 15.5. The Morgan fingerprint density at radius 2 is 1.81 bits per heavy atom. The van der Waals surface area contributed by atoms with Crippen LogP contribution in [0.4, 0.5) is 4.39 Å². The van der Waals surface area contributed by atoms with Gasteiger partial charge < -0.3 is 14.4 Å². The van der Waals surface area contributed by atoms with Crippen molar-refractivity contribution >= 4 is 36.0 Å². The second-order valence-corrected chi connectivity index (χ2v) is 8.28. The van der Waals surface area contributed by atoms with Crippen molar-refractivity contribution in [1.82, 2.24) is 0 Å². The molecule has 1 aromatic carbocycles. The number of carbonyl (C=O) groups excluding carboxylic acids is 1. The fraction of sp³-hybridized carbons (Fsp3) is 0.444. The number of hydrogen-bond acceptors (Lipinski definition) is 5. The predicted octanol–water partition coefficient (Wildman–Crippen LogP) is 3.82. The minimum atomic E-state index is -1.20. The van der Waals surface area contributed by atoms with Gasteiger partial charge in [0.1, 0.15) is 5.82 Å². The maximum absolute atomic E-state index is 14.3. The van der Waals surface area contributed by atoms with Crippen molar-refractivity contribution in [2.75, 3.05) is 5.75 Å². The lowest BCUT2D eigenvalue weighted by molar-refractivity contribution is -0.109. The van der Waals surface area contributed by atoms with Crippen molar-refractivity contribution in [2.24, 2.45) is 0 Å². The van der Waals surface area contributed by atoms with E-state index < -0.39 is 30.1 Å². The SMILES string of the molecule is CC(=O)SCC(=Cc1ccc(C(=O)O)cc1F)B1OC(C)(C)C(C)(C)O1. The Morgan fingerprint density at radius 3 is 2.27 bits per heavy atom. The molecule has 0 unspecified atom stereocenters. The van der Waals surface area contributed by atoms with Gasteiger partial charge >= 0.3 is 13.1 Å². The molecule has 0 aliphatic carbocycles. The molecule has 1 heterocycles. The summed E-state index contributed by atoms with van der Waals surface area (Å²) in [5.74, 6) is -1.57. The Bertz CT molecular complexity index is 744. The third kappa shape index (κ3) is 4.55. The molecule has 26 heavy (non-hydrogen) atoms. The van der Waals surface area contributed by atoms with Crippen LogP contribution in [0, 0.1) is 5.82 Å². The van der Waals surface area contributed by atoms with Crippen LogP contribution in [0.2, 0.25) is 0 Å². The van der Waals surface area contributed by atoms with Crippen molar-refractivity contribution in [3.63, 3.8) is 0 Å². The molecule has 0 bridgehead atoms. The van der Waals surface area contributed by atoms with Crippen molar-refractivity contribution in [3.05, 3.63) is 40.6 Å². The third-order valence-electron chi connectivity index (χ3n) is 4.59. The van der Waals surface area contributed by atoms with Crippen LogP contribution in [0.3, 0.4) is 0 Å². The van der Waals surface area contributed by atoms with E-state index in [0.29, 0.717) is 5.47 Å². The standard InChI is InChI=1S/C18H22BFO5S/c1-11(21)26-10-14(19-24-17(2,3)18(4,5)25-19)8-12-6-7-13(16(22)23)9-15(12)20/h6-9H,10H2,1-5H3,(H,22,23). The molecule has 1 fully saturated rings. The summed E-state index contributed by atoms with van der Waals surface area (Å²) in [4.78, 5) is 22.3. The van der Waals surface area contributed by atoms with Gasteiger partial charge in [-0.1, -0.05) is 23.9 Å². The maximum Gasteiger partial charge on any atom is 0.491 e. The first-order valence-electron chi connectivity index (χ1n) is 8.15. The highest BCUT2D eigenvalue weighted by Gasteiger charge is 2.52. The fourth-order valence-corrected chi connectivity index (χ4v) is 2.92. The van der Waals surface area contributed by atoms with Crippen molar-refractivity contribution in [1.29, 1.82) is 0 Å². The quantitative estimate of drug-likeness (QED) is 0.783. The summed E-state index contributed by atoms with van der Waals surface area (Å²) in [6, 6.07) is 3.69. The molecule has 8 heteroatoms. The van der Waals surface area contributed by atoms with E-state index in [-0.39, 0.29) is 22.0 Å². The Balaban J connectivity index is 2.38. The van der Waals surface area contributed by atoms with E-state index >= 15 is 0 Å². The molecular weight excluding hydrogens is 358 g/mol. The lowest BCUT2D eigenvalue weighted by Gasteiger charge is -2.32. The summed E-state index contributed by atoms with van der Waals surface area (Å²) in [5.41, 5.74) is -0.447. The van der Waals surface area contributed by atoms with Gasteiger partial charge in [-0.2, -0.15) is 0 Å². The molecule has 0 spiro atoms. The summed E-state index contributed by atoms with van der Waals surface area (Å²) in [5, 5.41) is 8.88. The number of benzene rings is 1. The molecule has 0 radical (unpaired) electrons. The van der Waals surface area contributed by atoms with Crippen LogP contribution in [0.15, 0.2) is 23.7 Å². The van der Waals surface area contributed by atoms with Gasteiger partial charge in [-0.05, 0) is 45.3 Å². The monoisotopic (exact) mass is 380 g/mol. The van der Waals surface area contributed by atoms with E-state index in [1.807, 2.05) is 27.7 Å². The maximum atomic E-state index is 14.3. The fourth-order valence-electron chi connectivity index (χ4n) is 2.33. The van der Waals surface area contributed by atoms with Crippen LogP contribution in [0.1, 0.15) is 50.5 Å². The molecule has 140 valence electrons. The highest BCUT2D eigenvalue weighted by Crippen LogP contribution is 2.39. The third-order valence-corrected chi connectivity index (χ3v) is 5.47. The molecule has 0 saturated carbocycles. The largest absolute Gasteiger partial charge is 0.491 e. The number of halogens is 1. The number of thioether (sulfide) groups is 1. The lowest BCUT2D eigenvalue weighted by Crippen LogP contribution is -2.41. The minimum absolute atomic E-state index is 0.0749. The second-order valence-electron chi connectivity index (χ2n) is 7.13. The van der Waals surface area contributed by atoms with E-state index in [2.05, 4.69) is 0 Å². The van der Waals surface area contributed by atoms with E-state index in [1.165, 1.54) is 19.1 Å². The summed E-state index contributed by atoms with van der Waals surface area (Å²) in [7, 11) is -0.717. The average molecular weight is 380 g/mol. The van der Waals surface area contributed by atoms with Crippen LogP contribution in [0.25, 0.3) is 6.08 Å². The zero-order chi connectivity index (χ0) is 19.7. The van der Waals surface area contributed by atoms with Gasteiger partial charge in [-0.3, -0.25) is 4.79 Å². The van der Waals surface area contributed by atoms with Crippen LogP contribution in [-0.4, -0.2) is 40.3 Å². The highest BCUT2D eigenvalue weighted by molar-refractivity contribution is 8.13. The van der Waals surface area contributed by atoms with Crippen molar-refractivity contribution in [3.8, 4) is 0 Å². The Labute approximate surface area is 157 Å². The molecule has 0 aromatic heterocycles. The summed E-state index contributed by atoms with van der Waals surface area (Å²) < 4.78 is 26.3. The van der Waals surface area contributed by atoms with E-state index in [9.17, 15) is 14.0 Å². The highest BCUT2D eigenvalue weighted by atomic mass is 32.2. The van der Waals surface area contributed by atoms with Gasteiger partial charge in [0.15, 0.2) is 5.12 Å². The van der Waals surface area contributed by atoms with Crippen molar-refractivity contribution < 1.29 is 28.4 Å². The molecule has 0 amide bonds. The number of hydrogen-bond donors (Lipinski definition) is 1. The molecule has 2 rings (SSSR count). The van der Waals surface area contributed by atoms with E-state index in [0.717, 1.165) is 17.8 Å². The number of rotatable bonds is 5. The zero-order valence-corrected chi connectivity index (χ0v) is 16.3. The predicted molar refractivity (Wildman–Crippen MR) is 101 cm³/mol. The van der Waals surface area contributed by atoms with Gasteiger partial charge in [0, 0.05) is 18.2 Å². The van der Waals surface area contributed by atoms with Gasteiger partial charge in [0.05, 0.1) is 16.8 Å². The summed E-state index contributed by atoms with van der Waals surface area (Å²) in [6.45, 7) is 9.08. The van der Waals surface area contributed by atoms with Crippen LogP contribution < -0.4 is 0 Å². The minimum Gasteiger partial charge on any atom is -0.478 e. The van der Waals surface area contributed by atoms with Gasteiger partial charge in [-0.15, -0.1) is 0 Å². The molecular formula is C18H22BFO5S. The molecule has 0 atom stereocenters. The normalized spacial score (nSPS) is 18.8. The molecule has 5 nitrogen and oxygen atoms in total. The number of carbonyl (C=O) groups is 2. The molecule has 1 aliphatic rings. The van der Waals surface area contributed by atoms with E-state index in [1.54, 1.807) is 6.08 Å². The van der Waals surface area contributed by atoms with Crippen LogP contribution in [0.5, 0.6) is 0 Å². The first kappa shape index (κ1) is 20.7. The Kier molecular flexibility index (Phi) is 6.00. The second kappa shape index (κ2) is 7.54. The number of carboxylic acids is 1. The molecule has 1 saturated heterocycles. The average Bonchev–Trinajstić information content (AvgIpc) is 2.72. The number of aromatic carboxylic acids is 1. The first-order chi connectivity index (χ1) is 11.9. The van der Waals surface area contributed by atoms with Crippen molar-refractivity contribution in [2.45, 2.75) is 45.8 Å². The first-order valence-corrected chi connectivity index (χ1v) is 9.14. The summed E-state index contributed by atoms with van der Waals surface area (Å²) in [6.07, 6.45) is 1.55. The van der Waals surface area contributed by atoms with Gasteiger partial charge in [0.2, 0.25) is 0 Å². The smallest absolute Gasteiger partial charge is 0.478 e. The summed E-state index contributed by atoms with van der Waals surface area (Å²) >= 11 is 1.08. The molecule has 1 N–H and O–H groups in total. The Hall–Kier alpha value is -1.64. The molecule has 1 aliphatic heterocycles. The topological polar surface area (TPSA) is 72.8 Å². The molecule has 1 aromatic rings.